The van der Waals surface area contributed by atoms with Gasteiger partial charge in [-0.3, -0.25) is 0 Å². The van der Waals surface area contributed by atoms with E-state index >= 15 is 0 Å². The average Bonchev–Trinajstić information content (AvgIpc) is 2.34. The summed E-state index contributed by atoms with van der Waals surface area (Å²) in [6.45, 7) is 1.16. The summed E-state index contributed by atoms with van der Waals surface area (Å²) in [5.74, 6) is -0.213. The highest BCUT2D eigenvalue weighted by Crippen LogP contribution is 2.28. The van der Waals surface area contributed by atoms with Gasteiger partial charge in [0.25, 0.3) is 0 Å². The van der Waals surface area contributed by atoms with E-state index in [4.69, 9.17) is 0 Å². The summed E-state index contributed by atoms with van der Waals surface area (Å²) in [4.78, 5) is 0. The van der Waals surface area contributed by atoms with E-state index in [-0.39, 0.29) is 11.5 Å². The van der Waals surface area contributed by atoms with Crippen molar-refractivity contribution < 1.29 is 15.3 Å². The first-order chi connectivity index (χ1) is 8.59. The van der Waals surface area contributed by atoms with E-state index in [9.17, 15) is 15.3 Å². The first-order valence-electron chi connectivity index (χ1n) is 6.53. The second-order valence-electron chi connectivity index (χ2n) is 5.21. The van der Waals surface area contributed by atoms with Crippen molar-refractivity contribution in [1.29, 1.82) is 0 Å². The molecule has 0 unspecified atom stereocenters. The number of hydrogen-bond acceptors (Lipinski definition) is 4. The lowest BCUT2D eigenvalue weighted by Crippen LogP contribution is -2.41. The normalized spacial score (nSPS) is 18.7. The number of hydrogen-bond donors (Lipinski definition) is 4. The molecular formula is C14H21NO3. The van der Waals surface area contributed by atoms with Gasteiger partial charge in [0.1, 0.15) is 0 Å². The highest BCUT2D eigenvalue weighted by Gasteiger charge is 2.28. The summed E-state index contributed by atoms with van der Waals surface area (Å²) < 4.78 is 0. The molecular weight excluding hydrogens is 230 g/mol. The molecule has 0 spiro atoms. The van der Waals surface area contributed by atoms with Crippen molar-refractivity contribution in [2.24, 2.45) is 0 Å². The number of phenols is 2. The maximum Gasteiger partial charge on any atom is 0.157 e. The second-order valence-corrected chi connectivity index (χ2v) is 5.21. The van der Waals surface area contributed by atoms with Gasteiger partial charge in [-0.1, -0.05) is 25.3 Å². The van der Waals surface area contributed by atoms with Crippen LogP contribution in [0.1, 0.15) is 37.7 Å². The maximum atomic E-state index is 10.3. The molecule has 0 saturated heterocycles. The van der Waals surface area contributed by atoms with Crippen LogP contribution >= 0.6 is 0 Å². The number of aliphatic hydroxyl groups is 1. The van der Waals surface area contributed by atoms with Crippen LogP contribution in [0.2, 0.25) is 0 Å². The zero-order valence-corrected chi connectivity index (χ0v) is 10.5. The Morgan fingerprint density at radius 1 is 1.06 bits per heavy atom. The second kappa shape index (κ2) is 5.59. The van der Waals surface area contributed by atoms with Crippen LogP contribution in [0.25, 0.3) is 0 Å². The summed E-state index contributed by atoms with van der Waals surface area (Å²) in [7, 11) is 0. The van der Waals surface area contributed by atoms with Crippen LogP contribution in [0.3, 0.4) is 0 Å². The van der Waals surface area contributed by atoms with E-state index in [0.717, 1.165) is 31.2 Å². The molecule has 0 atom stereocenters. The lowest BCUT2D eigenvalue weighted by atomic mass is 9.85. The zero-order chi connectivity index (χ0) is 13.0. The molecule has 1 aromatic carbocycles. The van der Waals surface area contributed by atoms with Gasteiger partial charge in [0.15, 0.2) is 11.5 Å². The Labute approximate surface area is 107 Å². The number of phenolic OH excluding ortho intramolecular Hbond substituents is 2. The summed E-state index contributed by atoms with van der Waals surface area (Å²) in [5, 5.41) is 32.1. The van der Waals surface area contributed by atoms with E-state index in [0.29, 0.717) is 13.1 Å². The van der Waals surface area contributed by atoms with Crippen molar-refractivity contribution in [3.05, 3.63) is 23.8 Å². The van der Waals surface area contributed by atoms with E-state index in [2.05, 4.69) is 5.32 Å². The Balaban J connectivity index is 1.82. The van der Waals surface area contributed by atoms with Crippen molar-refractivity contribution in [2.75, 3.05) is 6.54 Å². The molecule has 4 nitrogen and oxygen atoms in total. The highest BCUT2D eigenvalue weighted by molar-refractivity contribution is 5.40. The number of benzene rings is 1. The third-order valence-electron chi connectivity index (χ3n) is 3.61. The quantitative estimate of drug-likeness (QED) is 0.617. The Hall–Kier alpha value is -1.26. The largest absolute Gasteiger partial charge is 0.504 e. The molecule has 0 aliphatic heterocycles. The fourth-order valence-electron chi connectivity index (χ4n) is 2.51. The number of rotatable bonds is 4. The van der Waals surface area contributed by atoms with Crippen molar-refractivity contribution in [3.8, 4) is 11.5 Å². The molecule has 1 aromatic rings. The first-order valence-corrected chi connectivity index (χ1v) is 6.53. The molecule has 0 amide bonds. The topological polar surface area (TPSA) is 72.7 Å². The lowest BCUT2D eigenvalue weighted by Gasteiger charge is -2.32. The summed E-state index contributed by atoms with van der Waals surface area (Å²) in [5.41, 5.74) is 0.321. The third-order valence-corrected chi connectivity index (χ3v) is 3.61. The molecule has 0 heterocycles. The fourth-order valence-corrected chi connectivity index (χ4v) is 2.51. The molecule has 2 rings (SSSR count). The molecule has 1 fully saturated rings. The van der Waals surface area contributed by atoms with Crippen LogP contribution in [0.4, 0.5) is 0 Å². The van der Waals surface area contributed by atoms with Crippen LogP contribution in [-0.4, -0.2) is 27.5 Å². The van der Waals surface area contributed by atoms with Crippen molar-refractivity contribution in [2.45, 2.75) is 44.2 Å². The van der Waals surface area contributed by atoms with Crippen LogP contribution < -0.4 is 5.32 Å². The monoisotopic (exact) mass is 251 g/mol. The van der Waals surface area contributed by atoms with E-state index < -0.39 is 5.60 Å². The van der Waals surface area contributed by atoms with E-state index in [1.54, 1.807) is 6.07 Å². The summed E-state index contributed by atoms with van der Waals surface area (Å²) >= 11 is 0. The van der Waals surface area contributed by atoms with Gasteiger partial charge in [-0.15, -0.1) is 0 Å². The smallest absolute Gasteiger partial charge is 0.157 e. The fraction of sp³-hybridized carbons (Fsp3) is 0.571. The first kappa shape index (κ1) is 13.2. The molecule has 0 aromatic heterocycles. The minimum absolute atomic E-state index is 0.106. The van der Waals surface area contributed by atoms with Gasteiger partial charge in [-0.05, 0) is 30.5 Å². The summed E-state index contributed by atoms with van der Waals surface area (Å²) in [6, 6.07) is 4.77. The van der Waals surface area contributed by atoms with Crippen LogP contribution in [0.5, 0.6) is 11.5 Å². The molecule has 100 valence electrons. The standard InChI is InChI=1S/C14H21NO3/c16-12-5-4-11(8-13(12)17)9-15-10-14(18)6-2-1-3-7-14/h4-5,8,15-18H,1-3,6-7,9-10H2. The van der Waals surface area contributed by atoms with Crippen molar-refractivity contribution in [3.63, 3.8) is 0 Å². The minimum atomic E-state index is -0.572. The molecule has 18 heavy (non-hydrogen) atoms. The minimum Gasteiger partial charge on any atom is -0.504 e. The van der Waals surface area contributed by atoms with Gasteiger partial charge < -0.3 is 20.6 Å². The average molecular weight is 251 g/mol. The predicted octanol–water partition coefficient (Wildman–Crippen LogP) is 1.88. The molecule has 4 heteroatoms. The molecule has 1 aliphatic rings. The SMILES string of the molecule is Oc1ccc(CNCC2(O)CCCCC2)cc1O. The van der Waals surface area contributed by atoms with E-state index in [1.807, 2.05) is 0 Å². The molecule has 0 radical (unpaired) electrons. The Kier molecular flexibility index (Phi) is 4.09. The third kappa shape index (κ3) is 3.37. The van der Waals surface area contributed by atoms with Gasteiger partial charge in [0.05, 0.1) is 5.60 Å². The van der Waals surface area contributed by atoms with Crippen molar-refractivity contribution >= 4 is 0 Å². The molecule has 4 N–H and O–H groups in total. The van der Waals surface area contributed by atoms with E-state index in [1.165, 1.54) is 18.6 Å². The molecule has 1 aliphatic carbocycles. The summed E-state index contributed by atoms with van der Waals surface area (Å²) in [6.07, 6.45) is 5.13. The Bertz CT molecular complexity index is 400. The maximum absolute atomic E-state index is 10.3. The highest BCUT2D eigenvalue weighted by atomic mass is 16.3. The van der Waals surface area contributed by atoms with Gasteiger partial charge >= 0.3 is 0 Å². The van der Waals surface area contributed by atoms with Gasteiger partial charge in [-0.2, -0.15) is 0 Å². The van der Waals surface area contributed by atoms with Gasteiger partial charge in [0.2, 0.25) is 0 Å². The van der Waals surface area contributed by atoms with Gasteiger partial charge in [-0.25, -0.2) is 0 Å². The Morgan fingerprint density at radius 2 is 1.78 bits per heavy atom. The molecule has 0 bridgehead atoms. The van der Waals surface area contributed by atoms with Gasteiger partial charge in [0, 0.05) is 13.1 Å². The number of nitrogens with one attached hydrogen (secondary N) is 1. The molecule has 1 saturated carbocycles. The van der Waals surface area contributed by atoms with Crippen molar-refractivity contribution in [1.82, 2.24) is 5.32 Å². The van der Waals surface area contributed by atoms with Crippen LogP contribution in [0, 0.1) is 0 Å². The predicted molar refractivity (Wildman–Crippen MR) is 69.5 cm³/mol. The van der Waals surface area contributed by atoms with Crippen LogP contribution in [0.15, 0.2) is 18.2 Å². The zero-order valence-electron chi connectivity index (χ0n) is 10.5. The lowest BCUT2D eigenvalue weighted by molar-refractivity contribution is 0.00467. The Morgan fingerprint density at radius 3 is 2.44 bits per heavy atom. The number of aromatic hydroxyl groups is 2. The van der Waals surface area contributed by atoms with Crippen LogP contribution in [-0.2, 0) is 6.54 Å².